The van der Waals surface area contributed by atoms with Crippen LogP contribution in [0.3, 0.4) is 0 Å². The van der Waals surface area contributed by atoms with Crippen LogP contribution in [-0.4, -0.2) is 23.1 Å². The van der Waals surface area contributed by atoms with Gasteiger partial charge in [-0.15, -0.1) is 0 Å². The fourth-order valence-corrected chi connectivity index (χ4v) is 2.62. The third-order valence-corrected chi connectivity index (χ3v) is 4.29. The monoisotopic (exact) mass is 411 g/mol. The molecule has 0 radical (unpaired) electrons. The van der Waals surface area contributed by atoms with Gasteiger partial charge in [0.05, 0.1) is 16.3 Å². The van der Waals surface area contributed by atoms with Crippen LogP contribution >= 0.6 is 11.6 Å². The first-order chi connectivity index (χ1) is 13.9. The molecular weight excluding hydrogens is 394 g/mol. The molecule has 0 fully saturated rings. The van der Waals surface area contributed by atoms with Crippen LogP contribution in [0.2, 0.25) is 5.02 Å². The number of aromatic carboxylic acids is 1. The highest BCUT2D eigenvalue weighted by atomic mass is 35.5. The van der Waals surface area contributed by atoms with Crippen molar-refractivity contribution >= 4 is 29.2 Å². The summed E-state index contributed by atoms with van der Waals surface area (Å²) >= 11 is 6.03. The van der Waals surface area contributed by atoms with Crippen molar-refractivity contribution in [3.63, 3.8) is 0 Å². The van der Waals surface area contributed by atoms with Crippen LogP contribution < -0.4 is 14.8 Å². The molecule has 0 aliphatic carbocycles. The Hall–Kier alpha value is -3.51. The molecule has 7 heteroatoms. The zero-order valence-electron chi connectivity index (χ0n) is 15.5. The van der Waals surface area contributed by atoms with Gasteiger partial charge in [0.15, 0.2) is 6.10 Å². The summed E-state index contributed by atoms with van der Waals surface area (Å²) in [6.07, 6.45) is -0.833. The summed E-state index contributed by atoms with van der Waals surface area (Å²) in [5, 5.41) is 11.9. The van der Waals surface area contributed by atoms with Crippen molar-refractivity contribution < 1.29 is 24.2 Å². The van der Waals surface area contributed by atoms with Gasteiger partial charge >= 0.3 is 5.97 Å². The second kappa shape index (κ2) is 9.12. The maximum absolute atomic E-state index is 12.4. The van der Waals surface area contributed by atoms with Gasteiger partial charge in [0.2, 0.25) is 0 Å². The molecule has 1 amide bonds. The highest BCUT2D eigenvalue weighted by Crippen LogP contribution is 2.25. The molecule has 3 rings (SSSR count). The molecule has 6 nitrogen and oxygen atoms in total. The Morgan fingerprint density at radius 1 is 0.931 bits per heavy atom. The molecular formula is C22H18ClNO5. The second-order valence-corrected chi connectivity index (χ2v) is 6.54. The van der Waals surface area contributed by atoms with E-state index in [1.165, 1.54) is 18.2 Å². The van der Waals surface area contributed by atoms with Crippen LogP contribution in [0.15, 0.2) is 72.8 Å². The Kier molecular flexibility index (Phi) is 6.36. The van der Waals surface area contributed by atoms with Gasteiger partial charge in [-0.2, -0.15) is 0 Å². The molecule has 148 valence electrons. The number of ether oxygens (including phenoxy) is 2. The zero-order valence-corrected chi connectivity index (χ0v) is 16.2. The number of para-hydroxylation sites is 1. The minimum Gasteiger partial charge on any atom is -0.481 e. The molecule has 0 saturated heterocycles. The number of carbonyl (C=O) groups excluding carboxylic acids is 1. The largest absolute Gasteiger partial charge is 0.481 e. The number of carboxylic acids is 1. The van der Waals surface area contributed by atoms with E-state index in [9.17, 15) is 9.59 Å². The van der Waals surface area contributed by atoms with Gasteiger partial charge in [-0.05, 0) is 61.5 Å². The number of benzene rings is 3. The van der Waals surface area contributed by atoms with Gasteiger partial charge in [-0.25, -0.2) is 4.79 Å². The number of hydrogen-bond acceptors (Lipinski definition) is 4. The van der Waals surface area contributed by atoms with Crippen LogP contribution in [-0.2, 0) is 4.79 Å². The zero-order chi connectivity index (χ0) is 20.8. The molecule has 2 N–H and O–H groups in total. The van der Waals surface area contributed by atoms with Crippen molar-refractivity contribution in [2.45, 2.75) is 13.0 Å². The van der Waals surface area contributed by atoms with Gasteiger partial charge in [0.1, 0.15) is 17.2 Å². The van der Waals surface area contributed by atoms with Crippen molar-refractivity contribution in [3.8, 4) is 17.2 Å². The summed E-state index contributed by atoms with van der Waals surface area (Å²) in [5.41, 5.74) is 0.228. The van der Waals surface area contributed by atoms with E-state index in [0.717, 1.165) is 5.75 Å². The van der Waals surface area contributed by atoms with Gasteiger partial charge in [0, 0.05) is 0 Å². The van der Waals surface area contributed by atoms with E-state index < -0.39 is 18.0 Å². The molecule has 3 aromatic rings. The average Bonchev–Trinajstić information content (AvgIpc) is 2.71. The van der Waals surface area contributed by atoms with E-state index in [-0.39, 0.29) is 16.3 Å². The number of nitrogens with one attached hydrogen (secondary N) is 1. The second-order valence-electron chi connectivity index (χ2n) is 6.14. The molecule has 0 aliphatic heterocycles. The van der Waals surface area contributed by atoms with E-state index in [1.54, 1.807) is 31.2 Å². The SMILES string of the molecule is CC(Oc1ccc(Oc2ccccc2)cc1)C(=O)Nc1cc(C(=O)O)ccc1Cl. The predicted octanol–water partition coefficient (Wildman–Crippen LogP) is 5.24. The lowest BCUT2D eigenvalue weighted by molar-refractivity contribution is -0.122. The standard InChI is InChI=1S/C22H18ClNO5/c1-14(21(25)24-20-13-15(22(26)27)7-12-19(20)23)28-17-8-10-18(11-9-17)29-16-5-3-2-4-6-16/h2-14H,1H3,(H,24,25)(H,26,27). The van der Waals surface area contributed by atoms with Gasteiger partial charge < -0.3 is 19.9 Å². The van der Waals surface area contributed by atoms with Crippen LogP contribution in [0.4, 0.5) is 5.69 Å². The molecule has 0 aromatic heterocycles. The average molecular weight is 412 g/mol. The number of halogens is 1. The molecule has 3 aromatic carbocycles. The third kappa shape index (κ3) is 5.49. The van der Waals surface area contributed by atoms with E-state index in [1.807, 2.05) is 30.3 Å². The molecule has 0 heterocycles. The van der Waals surface area contributed by atoms with Crippen LogP contribution in [0.5, 0.6) is 17.2 Å². The first kappa shape index (κ1) is 20.2. The van der Waals surface area contributed by atoms with E-state index in [2.05, 4.69) is 5.32 Å². The summed E-state index contributed by atoms with van der Waals surface area (Å²) in [6, 6.07) is 20.3. The summed E-state index contributed by atoms with van der Waals surface area (Å²) in [4.78, 5) is 23.5. The molecule has 1 unspecified atom stereocenters. The van der Waals surface area contributed by atoms with E-state index >= 15 is 0 Å². The van der Waals surface area contributed by atoms with Gasteiger partial charge in [-0.3, -0.25) is 4.79 Å². The minimum atomic E-state index is -1.11. The summed E-state index contributed by atoms with van der Waals surface area (Å²) in [6.45, 7) is 1.58. The Balaban J connectivity index is 1.61. The lowest BCUT2D eigenvalue weighted by Crippen LogP contribution is -2.30. The van der Waals surface area contributed by atoms with Crippen molar-refractivity contribution in [3.05, 3.63) is 83.4 Å². The lowest BCUT2D eigenvalue weighted by Gasteiger charge is -2.16. The van der Waals surface area contributed by atoms with E-state index in [0.29, 0.717) is 11.5 Å². The predicted molar refractivity (Wildman–Crippen MR) is 110 cm³/mol. The van der Waals surface area contributed by atoms with Crippen molar-refractivity contribution in [1.82, 2.24) is 0 Å². The number of rotatable bonds is 7. The number of carboxylic acid groups (broad SMARTS) is 1. The molecule has 0 saturated carbocycles. The quantitative estimate of drug-likeness (QED) is 0.555. The molecule has 0 spiro atoms. The maximum atomic E-state index is 12.4. The Labute approximate surface area is 172 Å². The Morgan fingerprint density at radius 3 is 2.21 bits per heavy atom. The minimum absolute atomic E-state index is 0.0206. The first-order valence-electron chi connectivity index (χ1n) is 8.76. The van der Waals surface area contributed by atoms with Crippen molar-refractivity contribution in [2.75, 3.05) is 5.32 Å². The number of hydrogen-bond donors (Lipinski definition) is 2. The Bertz CT molecular complexity index is 1010. The van der Waals surface area contributed by atoms with Crippen LogP contribution in [0.1, 0.15) is 17.3 Å². The van der Waals surface area contributed by atoms with Gasteiger partial charge in [-0.1, -0.05) is 29.8 Å². The van der Waals surface area contributed by atoms with Crippen molar-refractivity contribution in [2.24, 2.45) is 0 Å². The normalized spacial score (nSPS) is 11.4. The van der Waals surface area contributed by atoms with Crippen molar-refractivity contribution in [1.29, 1.82) is 0 Å². The molecule has 0 aliphatic rings. The topological polar surface area (TPSA) is 84.9 Å². The molecule has 1 atom stereocenters. The smallest absolute Gasteiger partial charge is 0.335 e. The summed E-state index contributed by atoms with van der Waals surface area (Å²) < 4.78 is 11.4. The highest BCUT2D eigenvalue weighted by molar-refractivity contribution is 6.33. The summed E-state index contributed by atoms with van der Waals surface area (Å²) in [5.74, 6) is 0.268. The highest BCUT2D eigenvalue weighted by Gasteiger charge is 2.17. The van der Waals surface area contributed by atoms with Crippen LogP contribution in [0, 0.1) is 0 Å². The lowest BCUT2D eigenvalue weighted by atomic mass is 10.2. The fraction of sp³-hybridized carbons (Fsp3) is 0.0909. The Morgan fingerprint density at radius 2 is 1.55 bits per heavy atom. The van der Waals surface area contributed by atoms with Crippen LogP contribution in [0.25, 0.3) is 0 Å². The summed E-state index contributed by atoms with van der Waals surface area (Å²) in [7, 11) is 0. The number of amides is 1. The van der Waals surface area contributed by atoms with Gasteiger partial charge in [0.25, 0.3) is 5.91 Å². The molecule has 0 bridgehead atoms. The third-order valence-electron chi connectivity index (χ3n) is 3.96. The first-order valence-corrected chi connectivity index (χ1v) is 9.13. The molecule has 29 heavy (non-hydrogen) atoms. The van der Waals surface area contributed by atoms with E-state index in [4.69, 9.17) is 26.2 Å². The number of anilines is 1. The maximum Gasteiger partial charge on any atom is 0.335 e. The fourth-order valence-electron chi connectivity index (χ4n) is 2.46. The number of carbonyl (C=O) groups is 2.